The van der Waals surface area contributed by atoms with Gasteiger partial charge in [-0.3, -0.25) is 4.79 Å². The van der Waals surface area contributed by atoms with E-state index in [1.807, 2.05) is 6.07 Å². The van der Waals surface area contributed by atoms with Crippen molar-refractivity contribution < 1.29 is 9.90 Å². The summed E-state index contributed by atoms with van der Waals surface area (Å²) in [5.41, 5.74) is 0.581. The Kier molecular flexibility index (Phi) is 2.44. The van der Waals surface area contributed by atoms with Gasteiger partial charge in [0, 0.05) is 11.6 Å². The van der Waals surface area contributed by atoms with Crippen molar-refractivity contribution >= 4 is 5.78 Å². The van der Waals surface area contributed by atoms with E-state index in [0.29, 0.717) is 5.56 Å². The second-order valence-corrected chi connectivity index (χ2v) is 2.05. The topological polar surface area (TPSA) is 37.3 Å². The standard InChI is InChI=1S/C9H8O2/c10-7-6-9(11)8-4-2-1-3-5-8/h1-7,10H. The molecular weight excluding hydrogens is 140 g/mol. The molecule has 0 amide bonds. The van der Waals surface area contributed by atoms with E-state index in [0.717, 1.165) is 12.3 Å². The second kappa shape index (κ2) is 3.56. The second-order valence-electron chi connectivity index (χ2n) is 2.05. The summed E-state index contributed by atoms with van der Waals surface area (Å²) in [6, 6.07) is 8.78. The summed E-state index contributed by atoms with van der Waals surface area (Å²) in [5, 5.41) is 8.30. The molecule has 2 nitrogen and oxygen atoms in total. The zero-order valence-corrected chi connectivity index (χ0v) is 5.90. The third kappa shape index (κ3) is 1.93. The van der Waals surface area contributed by atoms with Crippen LogP contribution < -0.4 is 0 Å². The fraction of sp³-hybridized carbons (Fsp3) is 0. The highest BCUT2D eigenvalue weighted by Gasteiger charge is 1.97. The predicted molar refractivity (Wildman–Crippen MR) is 42.5 cm³/mol. The first-order chi connectivity index (χ1) is 5.34. The van der Waals surface area contributed by atoms with E-state index in [-0.39, 0.29) is 5.78 Å². The van der Waals surface area contributed by atoms with Gasteiger partial charge in [0.2, 0.25) is 0 Å². The van der Waals surface area contributed by atoms with Crippen molar-refractivity contribution in [2.24, 2.45) is 0 Å². The van der Waals surface area contributed by atoms with Crippen molar-refractivity contribution in [3.05, 3.63) is 48.2 Å². The Balaban J connectivity index is 2.86. The average molecular weight is 148 g/mol. The van der Waals surface area contributed by atoms with Gasteiger partial charge in [-0.2, -0.15) is 0 Å². The van der Waals surface area contributed by atoms with Crippen LogP contribution in [-0.4, -0.2) is 10.9 Å². The summed E-state index contributed by atoms with van der Waals surface area (Å²) in [6.45, 7) is 0. The SMILES string of the molecule is O=C(C=CO)c1ccccc1. The summed E-state index contributed by atoms with van der Waals surface area (Å²) in [5.74, 6) is -0.187. The first-order valence-electron chi connectivity index (χ1n) is 3.25. The number of ketones is 1. The highest BCUT2D eigenvalue weighted by molar-refractivity contribution is 6.04. The van der Waals surface area contributed by atoms with E-state index in [2.05, 4.69) is 0 Å². The third-order valence-corrected chi connectivity index (χ3v) is 1.28. The van der Waals surface area contributed by atoms with Gasteiger partial charge >= 0.3 is 0 Å². The van der Waals surface area contributed by atoms with Gasteiger partial charge in [-0.05, 0) is 0 Å². The maximum absolute atomic E-state index is 11.0. The van der Waals surface area contributed by atoms with Gasteiger partial charge in [-0.15, -0.1) is 0 Å². The zero-order chi connectivity index (χ0) is 8.10. The maximum atomic E-state index is 11.0. The molecule has 1 N–H and O–H groups in total. The van der Waals surface area contributed by atoms with Crippen LogP contribution in [0.3, 0.4) is 0 Å². The summed E-state index contributed by atoms with van der Waals surface area (Å²) in [7, 11) is 0. The van der Waals surface area contributed by atoms with Crippen LogP contribution in [0.1, 0.15) is 10.4 Å². The quantitative estimate of drug-likeness (QED) is 0.395. The fourth-order valence-corrected chi connectivity index (χ4v) is 0.766. The number of hydrogen-bond acceptors (Lipinski definition) is 2. The lowest BCUT2D eigenvalue weighted by molar-refractivity contribution is 0.104. The number of hydrogen-bond donors (Lipinski definition) is 1. The van der Waals surface area contributed by atoms with Crippen LogP contribution >= 0.6 is 0 Å². The fourth-order valence-electron chi connectivity index (χ4n) is 0.766. The number of carbonyl (C=O) groups is 1. The number of allylic oxidation sites excluding steroid dienone is 1. The van der Waals surface area contributed by atoms with Crippen LogP contribution in [0.15, 0.2) is 42.7 Å². The molecule has 0 spiro atoms. The van der Waals surface area contributed by atoms with Gasteiger partial charge in [-0.25, -0.2) is 0 Å². The highest BCUT2D eigenvalue weighted by Crippen LogP contribution is 1.99. The molecule has 0 aromatic heterocycles. The number of aliphatic hydroxyl groups excluding tert-OH is 1. The molecule has 0 heterocycles. The molecule has 1 aromatic carbocycles. The predicted octanol–water partition coefficient (Wildman–Crippen LogP) is 1.94. The van der Waals surface area contributed by atoms with Crippen LogP contribution in [0.25, 0.3) is 0 Å². The summed E-state index contributed by atoms with van der Waals surface area (Å²) >= 11 is 0. The molecule has 0 bridgehead atoms. The first-order valence-corrected chi connectivity index (χ1v) is 3.25. The minimum atomic E-state index is -0.187. The van der Waals surface area contributed by atoms with Crippen molar-refractivity contribution in [1.82, 2.24) is 0 Å². The van der Waals surface area contributed by atoms with Gasteiger partial charge in [0.25, 0.3) is 0 Å². The van der Waals surface area contributed by atoms with Crippen LogP contribution in [0.4, 0.5) is 0 Å². The summed E-state index contributed by atoms with van der Waals surface area (Å²) in [4.78, 5) is 11.0. The summed E-state index contributed by atoms with van der Waals surface area (Å²) in [6.07, 6.45) is 1.87. The smallest absolute Gasteiger partial charge is 0.188 e. The number of aliphatic hydroxyl groups is 1. The molecule has 0 saturated heterocycles. The molecule has 0 atom stereocenters. The van der Waals surface area contributed by atoms with Crippen molar-refractivity contribution in [3.63, 3.8) is 0 Å². The van der Waals surface area contributed by atoms with Gasteiger partial charge < -0.3 is 5.11 Å². The molecule has 0 fully saturated rings. The molecule has 56 valence electrons. The zero-order valence-electron chi connectivity index (χ0n) is 5.90. The molecule has 2 heteroatoms. The molecular formula is C9H8O2. The maximum Gasteiger partial charge on any atom is 0.188 e. The Morgan fingerprint density at radius 2 is 1.91 bits per heavy atom. The molecule has 1 aromatic rings. The van der Waals surface area contributed by atoms with Crippen LogP contribution in [-0.2, 0) is 0 Å². The third-order valence-electron chi connectivity index (χ3n) is 1.28. The monoisotopic (exact) mass is 148 g/mol. The lowest BCUT2D eigenvalue weighted by Gasteiger charge is -1.91. The lowest BCUT2D eigenvalue weighted by atomic mass is 10.1. The van der Waals surface area contributed by atoms with Crippen molar-refractivity contribution in [2.75, 3.05) is 0 Å². The summed E-state index contributed by atoms with van der Waals surface area (Å²) < 4.78 is 0. The van der Waals surface area contributed by atoms with E-state index in [1.54, 1.807) is 24.3 Å². The molecule has 0 aliphatic heterocycles. The van der Waals surface area contributed by atoms with Crippen LogP contribution in [0.2, 0.25) is 0 Å². The first kappa shape index (κ1) is 7.54. The van der Waals surface area contributed by atoms with Crippen molar-refractivity contribution in [2.45, 2.75) is 0 Å². The van der Waals surface area contributed by atoms with E-state index in [9.17, 15) is 4.79 Å². The van der Waals surface area contributed by atoms with Gasteiger partial charge in [0.05, 0.1) is 6.26 Å². The van der Waals surface area contributed by atoms with Crippen LogP contribution in [0.5, 0.6) is 0 Å². The van der Waals surface area contributed by atoms with Crippen molar-refractivity contribution in [1.29, 1.82) is 0 Å². The van der Waals surface area contributed by atoms with Crippen LogP contribution in [0, 0.1) is 0 Å². The minimum Gasteiger partial charge on any atom is -0.515 e. The van der Waals surface area contributed by atoms with E-state index in [4.69, 9.17) is 5.11 Å². The molecule has 0 aliphatic carbocycles. The average Bonchev–Trinajstić information content (AvgIpc) is 2.07. The number of carbonyl (C=O) groups excluding carboxylic acids is 1. The largest absolute Gasteiger partial charge is 0.515 e. The molecule has 0 aliphatic rings. The Morgan fingerprint density at radius 1 is 1.27 bits per heavy atom. The highest BCUT2D eigenvalue weighted by atomic mass is 16.2. The minimum absolute atomic E-state index is 0.187. The Morgan fingerprint density at radius 3 is 2.45 bits per heavy atom. The van der Waals surface area contributed by atoms with Gasteiger partial charge in [0.15, 0.2) is 5.78 Å². The molecule has 0 saturated carbocycles. The molecule has 0 unspecified atom stereocenters. The Hall–Kier alpha value is -1.57. The molecule has 0 radical (unpaired) electrons. The normalized spacial score (nSPS) is 10.2. The Bertz CT molecular complexity index is 262. The molecule has 11 heavy (non-hydrogen) atoms. The van der Waals surface area contributed by atoms with E-state index in [1.165, 1.54) is 0 Å². The van der Waals surface area contributed by atoms with E-state index < -0.39 is 0 Å². The van der Waals surface area contributed by atoms with E-state index >= 15 is 0 Å². The number of benzene rings is 1. The lowest BCUT2D eigenvalue weighted by Crippen LogP contribution is -1.92. The van der Waals surface area contributed by atoms with Gasteiger partial charge in [0.1, 0.15) is 0 Å². The molecule has 1 rings (SSSR count). The van der Waals surface area contributed by atoms with Crippen molar-refractivity contribution in [3.8, 4) is 0 Å². The number of rotatable bonds is 2. The Labute approximate surface area is 64.8 Å². The van der Waals surface area contributed by atoms with Gasteiger partial charge in [-0.1, -0.05) is 30.3 Å².